The molecule has 0 saturated carbocycles. The fraction of sp³-hybridized carbons (Fsp3) is 0.333. The summed E-state index contributed by atoms with van der Waals surface area (Å²) >= 11 is 0. The van der Waals surface area contributed by atoms with Crippen molar-refractivity contribution in [3.8, 4) is 11.5 Å². The molecule has 2 aromatic carbocycles. The first-order chi connectivity index (χ1) is 10.9. The minimum absolute atomic E-state index is 0.0614. The molecule has 0 radical (unpaired) electrons. The monoisotopic (exact) mass is 308 g/mol. The molecule has 1 unspecified atom stereocenters. The molecule has 0 fully saturated rings. The standard InChI is InChI=1S/C21H24O2/c1-14-12-17(15-8-4-6-10-18(15)22)20(21(2,3)13-14)16-9-5-7-11-19(16)23/h4-11,14,22-23H,12-13H2,1-3H3. The number of hydrogen-bond donors (Lipinski definition) is 2. The molecule has 0 aliphatic heterocycles. The van der Waals surface area contributed by atoms with E-state index < -0.39 is 0 Å². The van der Waals surface area contributed by atoms with Crippen LogP contribution >= 0.6 is 0 Å². The Balaban J connectivity index is 2.32. The summed E-state index contributed by atoms with van der Waals surface area (Å²) in [6, 6.07) is 15.0. The number of allylic oxidation sites excluding steroid dienone is 2. The fourth-order valence-electron chi connectivity index (χ4n) is 4.09. The molecule has 1 aliphatic carbocycles. The molecular formula is C21H24O2. The summed E-state index contributed by atoms with van der Waals surface area (Å²) in [5, 5.41) is 20.8. The van der Waals surface area contributed by atoms with Crippen LogP contribution in [0.2, 0.25) is 0 Å². The summed E-state index contributed by atoms with van der Waals surface area (Å²) in [7, 11) is 0. The van der Waals surface area contributed by atoms with E-state index in [0.29, 0.717) is 17.4 Å². The second-order valence-electron chi connectivity index (χ2n) is 7.29. The van der Waals surface area contributed by atoms with Gasteiger partial charge in [-0.2, -0.15) is 0 Å². The minimum atomic E-state index is -0.0614. The van der Waals surface area contributed by atoms with Crippen LogP contribution in [0.25, 0.3) is 11.1 Å². The van der Waals surface area contributed by atoms with Crippen molar-refractivity contribution in [3.63, 3.8) is 0 Å². The summed E-state index contributed by atoms with van der Waals surface area (Å²) in [6.07, 6.45) is 1.97. The van der Waals surface area contributed by atoms with Crippen LogP contribution in [0.3, 0.4) is 0 Å². The first kappa shape index (κ1) is 15.7. The maximum Gasteiger partial charge on any atom is 0.123 e. The van der Waals surface area contributed by atoms with Gasteiger partial charge in [-0.25, -0.2) is 0 Å². The Kier molecular flexibility index (Phi) is 3.93. The number of rotatable bonds is 2. The van der Waals surface area contributed by atoms with Gasteiger partial charge in [0, 0.05) is 11.1 Å². The van der Waals surface area contributed by atoms with Crippen molar-refractivity contribution in [2.75, 3.05) is 0 Å². The van der Waals surface area contributed by atoms with E-state index in [9.17, 15) is 10.2 Å². The zero-order chi connectivity index (χ0) is 16.6. The van der Waals surface area contributed by atoms with Crippen molar-refractivity contribution in [2.24, 2.45) is 11.3 Å². The maximum atomic E-state index is 10.4. The van der Waals surface area contributed by atoms with Crippen LogP contribution < -0.4 is 0 Å². The van der Waals surface area contributed by atoms with Gasteiger partial charge in [0.1, 0.15) is 11.5 Å². The normalized spacial score (nSPS) is 20.6. The van der Waals surface area contributed by atoms with E-state index in [1.807, 2.05) is 36.4 Å². The molecule has 0 aromatic heterocycles. The lowest BCUT2D eigenvalue weighted by Crippen LogP contribution is -2.24. The van der Waals surface area contributed by atoms with Gasteiger partial charge in [-0.3, -0.25) is 0 Å². The van der Waals surface area contributed by atoms with Gasteiger partial charge >= 0.3 is 0 Å². The molecule has 2 aromatic rings. The van der Waals surface area contributed by atoms with E-state index >= 15 is 0 Å². The third kappa shape index (κ3) is 2.86. The van der Waals surface area contributed by atoms with Crippen LogP contribution in [0, 0.1) is 11.3 Å². The Hall–Kier alpha value is -2.22. The van der Waals surface area contributed by atoms with Gasteiger partial charge in [-0.05, 0) is 47.5 Å². The molecule has 120 valence electrons. The number of phenolic OH excluding ortho intramolecular Hbond substituents is 2. The Labute approximate surface area is 138 Å². The maximum absolute atomic E-state index is 10.4. The predicted molar refractivity (Wildman–Crippen MR) is 95.2 cm³/mol. The SMILES string of the molecule is CC1CC(c2ccccc2O)=C(c2ccccc2O)C(C)(C)C1. The highest BCUT2D eigenvalue weighted by atomic mass is 16.3. The van der Waals surface area contributed by atoms with Gasteiger partial charge in [-0.15, -0.1) is 0 Å². The number of hydrogen-bond acceptors (Lipinski definition) is 2. The van der Waals surface area contributed by atoms with Crippen molar-refractivity contribution in [1.82, 2.24) is 0 Å². The van der Waals surface area contributed by atoms with Crippen LogP contribution in [-0.2, 0) is 0 Å². The highest BCUT2D eigenvalue weighted by Gasteiger charge is 2.36. The lowest BCUT2D eigenvalue weighted by atomic mass is 9.65. The summed E-state index contributed by atoms with van der Waals surface area (Å²) in [5.41, 5.74) is 3.99. The lowest BCUT2D eigenvalue weighted by molar-refractivity contribution is 0.349. The highest BCUT2D eigenvalue weighted by molar-refractivity contribution is 5.96. The predicted octanol–water partition coefficient (Wildman–Crippen LogP) is 5.46. The van der Waals surface area contributed by atoms with Gasteiger partial charge in [-0.1, -0.05) is 57.2 Å². The second-order valence-corrected chi connectivity index (χ2v) is 7.29. The van der Waals surface area contributed by atoms with Gasteiger partial charge in [0.25, 0.3) is 0 Å². The van der Waals surface area contributed by atoms with E-state index in [4.69, 9.17) is 0 Å². The molecule has 23 heavy (non-hydrogen) atoms. The Bertz CT molecular complexity index is 756. The van der Waals surface area contributed by atoms with E-state index in [1.165, 1.54) is 0 Å². The Morgan fingerprint density at radius 1 is 0.870 bits per heavy atom. The summed E-state index contributed by atoms with van der Waals surface area (Å²) < 4.78 is 0. The molecule has 0 bridgehead atoms. The number of benzene rings is 2. The fourth-order valence-corrected chi connectivity index (χ4v) is 4.09. The van der Waals surface area contributed by atoms with Crippen molar-refractivity contribution in [2.45, 2.75) is 33.6 Å². The zero-order valence-corrected chi connectivity index (χ0v) is 14.0. The molecule has 0 heterocycles. The zero-order valence-electron chi connectivity index (χ0n) is 14.0. The van der Waals surface area contributed by atoms with E-state index in [0.717, 1.165) is 35.1 Å². The number of phenols is 2. The van der Waals surface area contributed by atoms with E-state index in [1.54, 1.807) is 12.1 Å². The summed E-state index contributed by atoms with van der Waals surface area (Å²) in [6.45, 7) is 6.71. The first-order valence-electron chi connectivity index (χ1n) is 8.20. The molecule has 2 heteroatoms. The molecule has 0 spiro atoms. The summed E-state index contributed by atoms with van der Waals surface area (Å²) in [5.74, 6) is 1.15. The Morgan fingerprint density at radius 3 is 1.96 bits per heavy atom. The van der Waals surface area contributed by atoms with Crippen LogP contribution in [-0.4, -0.2) is 10.2 Å². The van der Waals surface area contributed by atoms with Crippen LogP contribution in [0.15, 0.2) is 48.5 Å². The number of aromatic hydroxyl groups is 2. The van der Waals surface area contributed by atoms with Crippen molar-refractivity contribution in [3.05, 3.63) is 59.7 Å². The van der Waals surface area contributed by atoms with Crippen LogP contribution in [0.5, 0.6) is 11.5 Å². The average Bonchev–Trinajstić information content (AvgIpc) is 2.47. The summed E-state index contributed by atoms with van der Waals surface area (Å²) in [4.78, 5) is 0. The molecule has 1 atom stereocenters. The van der Waals surface area contributed by atoms with Crippen molar-refractivity contribution >= 4 is 11.1 Å². The molecule has 2 N–H and O–H groups in total. The van der Waals surface area contributed by atoms with Gasteiger partial charge in [0.05, 0.1) is 0 Å². The molecule has 1 aliphatic rings. The lowest BCUT2D eigenvalue weighted by Gasteiger charge is -2.39. The third-order valence-electron chi connectivity index (χ3n) is 4.79. The molecular weight excluding hydrogens is 284 g/mol. The molecule has 2 nitrogen and oxygen atoms in total. The quantitative estimate of drug-likeness (QED) is 0.773. The first-order valence-corrected chi connectivity index (χ1v) is 8.20. The third-order valence-corrected chi connectivity index (χ3v) is 4.79. The van der Waals surface area contributed by atoms with Crippen molar-refractivity contribution in [1.29, 1.82) is 0 Å². The second kappa shape index (κ2) is 5.77. The average molecular weight is 308 g/mol. The van der Waals surface area contributed by atoms with Crippen LogP contribution in [0.4, 0.5) is 0 Å². The van der Waals surface area contributed by atoms with Crippen molar-refractivity contribution < 1.29 is 10.2 Å². The smallest absolute Gasteiger partial charge is 0.123 e. The molecule has 0 amide bonds. The molecule has 0 saturated heterocycles. The topological polar surface area (TPSA) is 40.5 Å². The largest absolute Gasteiger partial charge is 0.507 e. The molecule has 3 rings (SSSR count). The van der Waals surface area contributed by atoms with E-state index in [-0.39, 0.29) is 5.41 Å². The van der Waals surface area contributed by atoms with E-state index in [2.05, 4.69) is 20.8 Å². The minimum Gasteiger partial charge on any atom is -0.507 e. The van der Waals surface area contributed by atoms with Gasteiger partial charge in [0.15, 0.2) is 0 Å². The Morgan fingerprint density at radius 2 is 1.39 bits per heavy atom. The highest BCUT2D eigenvalue weighted by Crippen LogP contribution is 2.53. The van der Waals surface area contributed by atoms with Gasteiger partial charge < -0.3 is 10.2 Å². The van der Waals surface area contributed by atoms with Gasteiger partial charge in [0.2, 0.25) is 0 Å². The number of para-hydroxylation sites is 2. The van der Waals surface area contributed by atoms with Crippen LogP contribution in [0.1, 0.15) is 44.7 Å².